The molecule has 1 aromatic heterocycles. The fourth-order valence-corrected chi connectivity index (χ4v) is 3.45. The van der Waals surface area contributed by atoms with Gasteiger partial charge in [0.1, 0.15) is 24.5 Å². The molecule has 2 heterocycles. The van der Waals surface area contributed by atoms with Crippen molar-refractivity contribution in [1.82, 2.24) is 14.7 Å². The van der Waals surface area contributed by atoms with E-state index < -0.39 is 5.60 Å². The first-order chi connectivity index (χ1) is 12.5. The van der Waals surface area contributed by atoms with Crippen LogP contribution in [0.25, 0.3) is 0 Å². The molecule has 26 heavy (non-hydrogen) atoms. The van der Waals surface area contributed by atoms with Gasteiger partial charge in [0.05, 0.1) is 12.2 Å². The van der Waals surface area contributed by atoms with E-state index in [1.807, 2.05) is 55.1 Å². The van der Waals surface area contributed by atoms with E-state index in [1.165, 1.54) is 0 Å². The van der Waals surface area contributed by atoms with Gasteiger partial charge >= 0.3 is 0 Å². The largest absolute Gasteiger partial charge is 0.491 e. The summed E-state index contributed by atoms with van der Waals surface area (Å²) in [5, 5.41) is 4.39. The first-order valence-electron chi connectivity index (χ1n) is 9.03. The van der Waals surface area contributed by atoms with Crippen molar-refractivity contribution in [2.24, 2.45) is 0 Å². The van der Waals surface area contributed by atoms with E-state index >= 15 is 0 Å². The summed E-state index contributed by atoms with van der Waals surface area (Å²) in [6.45, 7) is 5.88. The Morgan fingerprint density at radius 1 is 1.27 bits per heavy atom. The van der Waals surface area contributed by atoms with Crippen molar-refractivity contribution in [1.29, 1.82) is 0 Å². The lowest BCUT2D eigenvalue weighted by Gasteiger charge is -2.41. The maximum atomic E-state index is 12.8. The van der Waals surface area contributed by atoms with Crippen molar-refractivity contribution in [2.45, 2.75) is 38.8 Å². The lowest BCUT2D eigenvalue weighted by atomic mass is 9.93. The number of likely N-dealkylation sites (tertiary alicyclic amines) is 1. The Morgan fingerprint density at radius 2 is 2.04 bits per heavy atom. The van der Waals surface area contributed by atoms with Crippen molar-refractivity contribution < 1.29 is 14.3 Å². The predicted octanol–water partition coefficient (Wildman–Crippen LogP) is 2.59. The van der Waals surface area contributed by atoms with E-state index in [9.17, 15) is 4.79 Å². The van der Waals surface area contributed by atoms with Gasteiger partial charge in [0.15, 0.2) is 0 Å². The molecule has 3 rings (SSSR count). The molecule has 0 aliphatic carbocycles. The third-order valence-corrected chi connectivity index (χ3v) is 4.96. The lowest BCUT2D eigenvalue weighted by Crippen LogP contribution is -2.55. The molecule has 1 amide bonds. The average molecular weight is 357 g/mol. The molecule has 2 aromatic rings. The molecule has 0 bridgehead atoms. The van der Waals surface area contributed by atoms with Crippen LogP contribution in [0.5, 0.6) is 5.75 Å². The highest BCUT2D eigenvalue weighted by atomic mass is 16.5. The van der Waals surface area contributed by atoms with Gasteiger partial charge in [-0.15, -0.1) is 0 Å². The molecular formula is C20H27N3O3. The van der Waals surface area contributed by atoms with E-state index in [1.54, 1.807) is 11.8 Å². The van der Waals surface area contributed by atoms with Crippen molar-refractivity contribution in [3.8, 4) is 5.75 Å². The lowest BCUT2D eigenvalue weighted by molar-refractivity contribution is -0.144. The number of para-hydroxylation sites is 1. The van der Waals surface area contributed by atoms with Crippen LogP contribution in [0.15, 0.2) is 36.4 Å². The van der Waals surface area contributed by atoms with Crippen LogP contribution >= 0.6 is 0 Å². The van der Waals surface area contributed by atoms with E-state index in [0.717, 1.165) is 36.5 Å². The maximum absolute atomic E-state index is 12.8. The quantitative estimate of drug-likeness (QED) is 0.797. The van der Waals surface area contributed by atoms with Crippen LogP contribution in [-0.4, -0.2) is 53.0 Å². The fourth-order valence-electron chi connectivity index (χ4n) is 3.45. The van der Waals surface area contributed by atoms with Crippen LogP contribution in [-0.2, 0) is 16.1 Å². The zero-order valence-electron chi connectivity index (χ0n) is 15.8. The molecule has 1 aliphatic heterocycles. The molecule has 6 nitrogen and oxygen atoms in total. The van der Waals surface area contributed by atoms with Crippen LogP contribution in [0.1, 0.15) is 24.2 Å². The number of aryl methyl sites for hydroxylation is 2. The Hall–Kier alpha value is -2.34. The number of methoxy groups -OCH3 is 1. The topological polar surface area (TPSA) is 56.6 Å². The smallest absolute Gasteiger partial charge is 0.244 e. The summed E-state index contributed by atoms with van der Waals surface area (Å²) >= 11 is 0. The summed E-state index contributed by atoms with van der Waals surface area (Å²) in [4.78, 5) is 14.6. The summed E-state index contributed by atoms with van der Waals surface area (Å²) in [6.07, 6.45) is 1.77. The Morgan fingerprint density at radius 3 is 2.69 bits per heavy atom. The van der Waals surface area contributed by atoms with Crippen LogP contribution in [0.2, 0.25) is 0 Å². The molecule has 0 spiro atoms. The van der Waals surface area contributed by atoms with Gasteiger partial charge in [-0.25, -0.2) is 0 Å². The molecule has 140 valence electrons. The van der Waals surface area contributed by atoms with E-state index in [-0.39, 0.29) is 12.5 Å². The normalized spacial score (nSPS) is 20.2. The highest BCUT2D eigenvalue weighted by Crippen LogP contribution is 2.26. The number of benzene rings is 1. The van der Waals surface area contributed by atoms with Crippen molar-refractivity contribution in [3.63, 3.8) is 0 Å². The van der Waals surface area contributed by atoms with Crippen LogP contribution in [0, 0.1) is 13.8 Å². The molecule has 6 heteroatoms. The molecule has 1 aromatic carbocycles. The van der Waals surface area contributed by atoms with E-state index in [4.69, 9.17) is 9.47 Å². The fraction of sp³-hybridized carbons (Fsp3) is 0.500. The number of piperidine rings is 1. The first kappa shape index (κ1) is 18.5. The van der Waals surface area contributed by atoms with Gasteiger partial charge in [-0.1, -0.05) is 18.2 Å². The highest BCUT2D eigenvalue weighted by Gasteiger charge is 2.38. The first-order valence-corrected chi connectivity index (χ1v) is 9.03. The number of aromatic nitrogens is 2. The number of hydrogen-bond donors (Lipinski definition) is 0. The Kier molecular flexibility index (Phi) is 5.61. The van der Waals surface area contributed by atoms with Gasteiger partial charge in [0, 0.05) is 19.3 Å². The molecule has 1 atom stereocenters. The second-order valence-corrected chi connectivity index (χ2v) is 6.99. The zero-order valence-corrected chi connectivity index (χ0v) is 15.8. The molecule has 1 saturated heterocycles. The maximum Gasteiger partial charge on any atom is 0.244 e. The van der Waals surface area contributed by atoms with Gasteiger partial charge in [-0.3, -0.25) is 9.48 Å². The third kappa shape index (κ3) is 4.25. The summed E-state index contributed by atoms with van der Waals surface area (Å²) in [6, 6.07) is 11.7. The molecule has 0 saturated carbocycles. The second kappa shape index (κ2) is 7.91. The monoisotopic (exact) mass is 357 g/mol. The van der Waals surface area contributed by atoms with E-state index in [0.29, 0.717) is 13.2 Å². The number of ether oxygens (including phenoxy) is 2. The SMILES string of the molecule is COC1(COc2ccccc2)CCCN(C(=O)Cn2nc(C)cc2C)C1. The van der Waals surface area contributed by atoms with Crippen molar-refractivity contribution in [3.05, 3.63) is 47.8 Å². The number of nitrogens with zero attached hydrogens (tertiary/aromatic N) is 3. The molecule has 0 radical (unpaired) electrons. The minimum absolute atomic E-state index is 0.0667. The summed E-state index contributed by atoms with van der Waals surface area (Å²) in [5.41, 5.74) is 1.45. The van der Waals surface area contributed by atoms with Gasteiger partial charge in [-0.2, -0.15) is 5.10 Å². The van der Waals surface area contributed by atoms with Crippen LogP contribution < -0.4 is 4.74 Å². The summed E-state index contributed by atoms with van der Waals surface area (Å²) in [5.74, 6) is 0.882. The van der Waals surface area contributed by atoms with Crippen molar-refractivity contribution >= 4 is 5.91 Å². The molecule has 0 N–H and O–H groups in total. The standard InChI is InChI=1S/C20H27N3O3/c1-16-12-17(2)23(21-16)13-19(24)22-11-7-10-20(14-22,25-3)15-26-18-8-5-4-6-9-18/h4-6,8-9,12H,7,10-11,13-15H2,1-3H3. The molecule has 1 aliphatic rings. The number of hydrogen-bond acceptors (Lipinski definition) is 4. The minimum atomic E-state index is -0.473. The van der Waals surface area contributed by atoms with Gasteiger partial charge in [0.25, 0.3) is 0 Å². The summed E-state index contributed by atoms with van der Waals surface area (Å²) in [7, 11) is 1.70. The van der Waals surface area contributed by atoms with Gasteiger partial charge in [0.2, 0.25) is 5.91 Å². The molecule has 1 unspecified atom stereocenters. The highest BCUT2D eigenvalue weighted by molar-refractivity contribution is 5.76. The molecular weight excluding hydrogens is 330 g/mol. The van der Waals surface area contributed by atoms with E-state index in [2.05, 4.69) is 5.10 Å². The third-order valence-electron chi connectivity index (χ3n) is 4.96. The van der Waals surface area contributed by atoms with Crippen molar-refractivity contribution in [2.75, 3.05) is 26.8 Å². The second-order valence-electron chi connectivity index (χ2n) is 6.99. The molecule has 1 fully saturated rings. The predicted molar refractivity (Wildman–Crippen MR) is 99.2 cm³/mol. The summed E-state index contributed by atoms with van der Waals surface area (Å²) < 4.78 is 13.5. The zero-order chi connectivity index (χ0) is 18.6. The minimum Gasteiger partial charge on any atom is -0.491 e. The number of carbonyl (C=O) groups is 1. The Labute approximate surface area is 154 Å². The Bertz CT molecular complexity index is 744. The van der Waals surface area contributed by atoms with Crippen LogP contribution in [0.4, 0.5) is 0 Å². The average Bonchev–Trinajstić information content (AvgIpc) is 2.98. The number of carbonyl (C=O) groups excluding carboxylic acids is 1. The van der Waals surface area contributed by atoms with Gasteiger partial charge < -0.3 is 14.4 Å². The van der Waals surface area contributed by atoms with Gasteiger partial charge in [-0.05, 0) is 44.9 Å². The Balaban J connectivity index is 1.64. The number of amides is 1. The van der Waals surface area contributed by atoms with Crippen LogP contribution in [0.3, 0.4) is 0 Å². The number of rotatable bonds is 6.